The van der Waals surface area contributed by atoms with Crippen LogP contribution in [0.3, 0.4) is 0 Å². The fourth-order valence-corrected chi connectivity index (χ4v) is 2.58. The van der Waals surface area contributed by atoms with Crippen LogP contribution in [-0.4, -0.2) is 25.0 Å². The maximum absolute atomic E-state index is 12.6. The lowest BCUT2D eigenvalue weighted by molar-refractivity contribution is -0.170. The molecule has 0 fully saturated rings. The molecule has 0 atom stereocenters. The molecule has 5 nitrogen and oxygen atoms in total. The normalized spacial score (nSPS) is 11.4. The zero-order chi connectivity index (χ0) is 19.8. The van der Waals surface area contributed by atoms with Crippen LogP contribution < -0.4 is 10.2 Å². The number of alkyl halides is 3. The molecule has 0 saturated heterocycles. The van der Waals surface area contributed by atoms with Crippen LogP contribution >= 0.6 is 0 Å². The van der Waals surface area contributed by atoms with Crippen molar-refractivity contribution in [2.45, 2.75) is 13.1 Å². The lowest BCUT2D eigenvalue weighted by Crippen LogP contribution is -2.38. The van der Waals surface area contributed by atoms with E-state index in [9.17, 15) is 22.8 Å². The number of para-hydroxylation sites is 1. The van der Waals surface area contributed by atoms with Gasteiger partial charge in [0, 0.05) is 23.8 Å². The highest BCUT2D eigenvalue weighted by Gasteiger charge is 2.41. The summed E-state index contributed by atoms with van der Waals surface area (Å²) >= 11 is 0. The van der Waals surface area contributed by atoms with E-state index in [0.717, 1.165) is 12.4 Å². The molecule has 0 saturated carbocycles. The van der Waals surface area contributed by atoms with Crippen molar-refractivity contribution in [2.24, 2.45) is 0 Å². The summed E-state index contributed by atoms with van der Waals surface area (Å²) in [7, 11) is 1.04. The molecule has 0 aliphatic rings. The van der Waals surface area contributed by atoms with Gasteiger partial charge in [0.2, 0.25) is 0 Å². The summed E-state index contributed by atoms with van der Waals surface area (Å²) in [5, 5.41) is 3.43. The largest absolute Gasteiger partial charge is 0.471 e. The van der Waals surface area contributed by atoms with Gasteiger partial charge in [0.25, 0.3) is 5.91 Å². The van der Waals surface area contributed by atoms with E-state index in [2.05, 4.69) is 5.32 Å². The van der Waals surface area contributed by atoms with Crippen molar-refractivity contribution in [2.75, 3.05) is 17.3 Å². The van der Waals surface area contributed by atoms with E-state index in [-0.39, 0.29) is 11.4 Å². The zero-order valence-corrected chi connectivity index (χ0v) is 14.4. The Morgan fingerprint density at radius 2 is 1.78 bits per heavy atom. The van der Waals surface area contributed by atoms with Crippen molar-refractivity contribution in [3.05, 3.63) is 59.9 Å². The molecular weight excluding hydrogens is 361 g/mol. The molecule has 0 aliphatic carbocycles. The number of furan rings is 1. The SMILES string of the molecule is Cc1cc(N(C)C(=O)C(F)(F)F)ccc1NC(=O)c1cc2ccccc2o1. The van der Waals surface area contributed by atoms with Crippen molar-refractivity contribution >= 4 is 34.2 Å². The van der Waals surface area contributed by atoms with Gasteiger partial charge in [-0.3, -0.25) is 9.59 Å². The lowest BCUT2D eigenvalue weighted by Gasteiger charge is -2.20. The molecule has 2 amide bonds. The van der Waals surface area contributed by atoms with Crippen molar-refractivity contribution in [1.82, 2.24) is 0 Å². The third-order valence-electron chi connectivity index (χ3n) is 4.04. The molecule has 0 spiro atoms. The minimum atomic E-state index is -4.96. The number of carbonyl (C=O) groups excluding carboxylic acids is 2. The average molecular weight is 376 g/mol. The van der Waals surface area contributed by atoms with Crippen molar-refractivity contribution in [3.8, 4) is 0 Å². The Morgan fingerprint density at radius 3 is 2.41 bits per heavy atom. The number of anilines is 2. The van der Waals surface area contributed by atoms with Gasteiger partial charge in [-0.15, -0.1) is 0 Å². The second-order valence-electron chi connectivity index (χ2n) is 5.96. The van der Waals surface area contributed by atoms with Gasteiger partial charge in [0.05, 0.1) is 0 Å². The molecule has 0 radical (unpaired) electrons. The third-order valence-corrected chi connectivity index (χ3v) is 4.04. The third kappa shape index (κ3) is 3.79. The predicted octanol–water partition coefficient (Wildman–Crippen LogP) is 4.52. The molecule has 0 aliphatic heterocycles. The number of fused-ring (bicyclic) bond motifs is 1. The first kappa shape index (κ1) is 18.5. The van der Waals surface area contributed by atoms with Crippen LogP contribution in [0, 0.1) is 6.92 Å². The number of nitrogens with zero attached hydrogens (tertiary/aromatic N) is 1. The Bertz CT molecular complexity index is 991. The fraction of sp³-hybridized carbons (Fsp3) is 0.158. The van der Waals surface area contributed by atoms with Crippen LogP contribution in [0.1, 0.15) is 16.1 Å². The number of nitrogens with one attached hydrogen (secondary N) is 1. The molecule has 1 aromatic heterocycles. The Balaban J connectivity index is 1.79. The van der Waals surface area contributed by atoms with E-state index in [1.165, 1.54) is 18.2 Å². The minimum absolute atomic E-state index is 0.0663. The number of halogens is 3. The molecule has 3 rings (SSSR count). The van der Waals surface area contributed by atoms with Crippen LogP contribution in [-0.2, 0) is 4.79 Å². The van der Waals surface area contributed by atoms with Crippen LogP contribution in [0.2, 0.25) is 0 Å². The quantitative estimate of drug-likeness (QED) is 0.731. The van der Waals surface area contributed by atoms with Crippen LogP contribution in [0.4, 0.5) is 24.5 Å². The molecule has 3 aromatic rings. The van der Waals surface area contributed by atoms with Crippen LogP contribution in [0.25, 0.3) is 11.0 Å². The fourth-order valence-electron chi connectivity index (χ4n) is 2.58. The maximum Gasteiger partial charge on any atom is 0.471 e. The molecule has 0 bridgehead atoms. The van der Waals surface area contributed by atoms with Crippen LogP contribution in [0.15, 0.2) is 52.9 Å². The summed E-state index contributed by atoms with van der Waals surface area (Å²) in [6.07, 6.45) is -4.96. The van der Waals surface area contributed by atoms with Crippen LogP contribution in [0.5, 0.6) is 0 Å². The molecule has 27 heavy (non-hydrogen) atoms. The van der Waals surface area contributed by atoms with Gasteiger partial charge in [-0.05, 0) is 42.8 Å². The van der Waals surface area contributed by atoms with Crippen molar-refractivity contribution in [3.63, 3.8) is 0 Å². The topological polar surface area (TPSA) is 62.6 Å². The molecule has 1 heterocycles. The highest BCUT2D eigenvalue weighted by atomic mass is 19.4. The van der Waals surface area contributed by atoms with E-state index >= 15 is 0 Å². The number of carbonyl (C=O) groups is 2. The van der Waals surface area contributed by atoms with Gasteiger partial charge in [-0.25, -0.2) is 0 Å². The van der Waals surface area contributed by atoms with Gasteiger partial charge >= 0.3 is 12.1 Å². The summed E-state index contributed by atoms with van der Waals surface area (Å²) in [5.74, 6) is -2.34. The zero-order valence-electron chi connectivity index (χ0n) is 14.4. The van der Waals surface area contributed by atoms with Crippen molar-refractivity contribution < 1.29 is 27.2 Å². The Labute approximate surface area is 152 Å². The molecule has 2 aromatic carbocycles. The summed E-state index contributed by atoms with van der Waals surface area (Å²) in [5.41, 5.74) is 1.54. The highest BCUT2D eigenvalue weighted by molar-refractivity contribution is 6.05. The monoisotopic (exact) mass is 376 g/mol. The van der Waals surface area contributed by atoms with Gasteiger partial charge < -0.3 is 14.6 Å². The number of benzene rings is 2. The first-order valence-electron chi connectivity index (χ1n) is 7.92. The van der Waals surface area contributed by atoms with E-state index in [4.69, 9.17) is 4.42 Å². The number of aryl methyl sites for hydroxylation is 1. The summed E-state index contributed by atoms with van der Waals surface area (Å²) in [4.78, 5) is 24.2. The molecule has 140 valence electrons. The smallest absolute Gasteiger partial charge is 0.451 e. The maximum atomic E-state index is 12.6. The number of hydrogen-bond donors (Lipinski definition) is 1. The summed E-state index contributed by atoms with van der Waals surface area (Å²) in [6.45, 7) is 1.61. The second-order valence-corrected chi connectivity index (χ2v) is 5.96. The van der Waals surface area contributed by atoms with E-state index in [1.807, 2.05) is 12.1 Å². The summed E-state index contributed by atoms with van der Waals surface area (Å²) < 4.78 is 43.1. The molecular formula is C19H15F3N2O3. The molecule has 1 N–H and O–H groups in total. The Kier molecular flexibility index (Phi) is 4.65. The van der Waals surface area contributed by atoms with Gasteiger partial charge in [-0.2, -0.15) is 13.2 Å². The molecule has 0 unspecified atom stereocenters. The second kappa shape index (κ2) is 6.79. The minimum Gasteiger partial charge on any atom is -0.451 e. The van der Waals surface area contributed by atoms with E-state index < -0.39 is 18.0 Å². The standard InChI is InChI=1S/C19H15F3N2O3/c1-11-9-13(24(2)18(26)19(20,21)22)7-8-14(11)23-17(25)16-10-12-5-3-4-6-15(12)27-16/h3-10H,1-2H3,(H,23,25). The number of amides is 2. The van der Waals surface area contributed by atoms with E-state index in [0.29, 0.717) is 21.7 Å². The highest BCUT2D eigenvalue weighted by Crippen LogP contribution is 2.27. The first-order valence-corrected chi connectivity index (χ1v) is 7.92. The first-order chi connectivity index (χ1) is 12.7. The predicted molar refractivity (Wildman–Crippen MR) is 94.8 cm³/mol. The number of hydrogen-bond acceptors (Lipinski definition) is 3. The summed E-state index contributed by atoms with van der Waals surface area (Å²) in [6, 6.07) is 12.9. The van der Waals surface area contributed by atoms with Gasteiger partial charge in [0.1, 0.15) is 5.58 Å². The Morgan fingerprint density at radius 1 is 1.07 bits per heavy atom. The average Bonchev–Trinajstić information content (AvgIpc) is 3.05. The molecule has 8 heteroatoms. The lowest BCUT2D eigenvalue weighted by atomic mass is 10.1. The van der Waals surface area contributed by atoms with Gasteiger partial charge in [0.15, 0.2) is 5.76 Å². The number of rotatable bonds is 3. The Hall–Kier alpha value is -3.29. The van der Waals surface area contributed by atoms with E-state index in [1.54, 1.807) is 25.1 Å². The van der Waals surface area contributed by atoms with Gasteiger partial charge in [-0.1, -0.05) is 18.2 Å². The van der Waals surface area contributed by atoms with Crippen molar-refractivity contribution in [1.29, 1.82) is 0 Å².